The Hall–Kier alpha value is -4.83. The predicted molar refractivity (Wildman–Crippen MR) is 166 cm³/mol. The number of nitrogens with one attached hydrogen (secondary N) is 1. The molecular weight excluding hydrogens is 628 g/mol. The Bertz CT molecular complexity index is 1950. The van der Waals surface area contributed by atoms with E-state index in [0.29, 0.717) is 11.3 Å². The van der Waals surface area contributed by atoms with Crippen molar-refractivity contribution in [1.82, 2.24) is 19.8 Å². The van der Waals surface area contributed by atoms with Gasteiger partial charge in [-0.25, -0.2) is 18.2 Å². The van der Waals surface area contributed by atoms with Gasteiger partial charge in [-0.05, 0) is 49.8 Å². The van der Waals surface area contributed by atoms with Crippen molar-refractivity contribution in [2.24, 2.45) is 5.92 Å². The Morgan fingerprint density at radius 2 is 1.89 bits per heavy atom. The van der Waals surface area contributed by atoms with Crippen LogP contribution >= 0.6 is 11.6 Å². The highest BCUT2D eigenvalue weighted by Crippen LogP contribution is 2.42. The molecule has 14 heteroatoms. The van der Waals surface area contributed by atoms with Gasteiger partial charge in [-0.15, -0.1) is 0 Å². The number of nitrogens with zero attached hydrogens (tertiary/aromatic N) is 5. The molecule has 0 spiro atoms. The van der Waals surface area contributed by atoms with Crippen molar-refractivity contribution in [3.8, 4) is 23.1 Å². The number of allylic oxidation sites excluding steroid dienone is 2. The Balaban J connectivity index is 1.91. The standard InChI is InChI=1S/C32H29ClF4N6O3/c1-6-20(44)42-10-9-41(13-16(42)5)29-17-11-19(33)27(21-22(34)23(35)24(36)25(37)30(21)45)40-31(17)43(32(46)18(29)12-38)28-15(4)7-8-39-26(28)14(2)3/h6-8,11,14,16,26,39,45H,1,9-10,13H2,2-5H3/t16-,26?/m1/s1. The number of rotatable bonds is 5. The molecule has 46 heavy (non-hydrogen) atoms. The third kappa shape index (κ3) is 5.06. The van der Waals surface area contributed by atoms with Gasteiger partial charge in [-0.3, -0.25) is 14.2 Å². The van der Waals surface area contributed by atoms with Crippen molar-refractivity contribution in [1.29, 1.82) is 5.26 Å². The number of phenols is 1. The molecule has 1 fully saturated rings. The molecule has 9 nitrogen and oxygen atoms in total. The predicted octanol–water partition coefficient (Wildman–Crippen LogP) is 5.45. The van der Waals surface area contributed by atoms with Crippen molar-refractivity contribution in [3.63, 3.8) is 0 Å². The second-order valence-corrected chi connectivity index (χ2v) is 11.9. The summed E-state index contributed by atoms with van der Waals surface area (Å²) in [6.45, 7) is 11.5. The van der Waals surface area contributed by atoms with Crippen molar-refractivity contribution in [2.45, 2.75) is 39.8 Å². The number of piperazine rings is 1. The van der Waals surface area contributed by atoms with Gasteiger partial charge in [0.05, 0.1) is 33.7 Å². The maximum absolute atomic E-state index is 15.2. The molecule has 4 heterocycles. The average molecular weight is 657 g/mol. The number of phenolic OH excluding ortho intramolecular Hbond substituents is 1. The summed E-state index contributed by atoms with van der Waals surface area (Å²) in [5.41, 5.74) is -1.89. The number of hydrogen-bond acceptors (Lipinski definition) is 7. The zero-order chi connectivity index (χ0) is 33.8. The van der Waals surface area contributed by atoms with Crippen LogP contribution in [0.25, 0.3) is 28.0 Å². The maximum Gasteiger partial charge on any atom is 0.276 e. The van der Waals surface area contributed by atoms with Crippen molar-refractivity contribution >= 4 is 39.9 Å². The maximum atomic E-state index is 15.2. The molecule has 3 aromatic rings. The molecule has 240 valence electrons. The molecule has 2 aliphatic rings. The Labute approximate surface area is 266 Å². The quantitative estimate of drug-likeness (QED) is 0.163. The summed E-state index contributed by atoms with van der Waals surface area (Å²) in [6.07, 6.45) is 4.60. The number of dihydropyridines is 1. The monoisotopic (exact) mass is 656 g/mol. The van der Waals surface area contributed by atoms with Crippen LogP contribution in [0.15, 0.2) is 41.4 Å². The van der Waals surface area contributed by atoms with E-state index < -0.39 is 56.9 Å². The van der Waals surface area contributed by atoms with Gasteiger partial charge in [0, 0.05) is 31.1 Å². The number of carbonyl (C=O) groups is 1. The van der Waals surface area contributed by atoms with Crippen LogP contribution in [0.4, 0.5) is 23.2 Å². The highest BCUT2D eigenvalue weighted by molar-refractivity contribution is 6.34. The molecule has 2 aliphatic heterocycles. The first-order valence-corrected chi connectivity index (χ1v) is 14.7. The molecule has 0 aliphatic carbocycles. The van der Waals surface area contributed by atoms with E-state index in [1.54, 1.807) is 35.9 Å². The van der Waals surface area contributed by atoms with E-state index in [1.807, 2.05) is 19.9 Å². The fourth-order valence-corrected chi connectivity index (χ4v) is 6.29. The topological polar surface area (TPSA) is 114 Å². The molecule has 0 bridgehead atoms. The van der Waals surface area contributed by atoms with Gasteiger partial charge < -0.3 is 20.2 Å². The van der Waals surface area contributed by atoms with Crippen LogP contribution < -0.4 is 15.8 Å². The second kappa shape index (κ2) is 12.2. The van der Waals surface area contributed by atoms with E-state index >= 15 is 4.39 Å². The van der Waals surface area contributed by atoms with Crippen molar-refractivity contribution in [2.75, 3.05) is 24.5 Å². The van der Waals surface area contributed by atoms with Gasteiger partial charge >= 0.3 is 0 Å². The number of aromatic hydroxyl groups is 1. The lowest BCUT2D eigenvalue weighted by atomic mass is 9.94. The van der Waals surface area contributed by atoms with Crippen molar-refractivity contribution in [3.05, 3.63) is 80.8 Å². The number of halogens is 5. The number of aromatic nitrogens is 2. The summed E-state index contributed by atoms with van der Waals surface area (Å²) < 4.78 is 59.2. The molecule has 2 aromatic heterocycles. The second-order valence-electron chi connectivity index (χ2n) is 11.5. The third-order valence-electron chi connectivity index (χ3n) is 8.28. The Morgan fingerprint density at radius 3 is 2.50 bits per heavy atom. The van der Waals surface area contributed by atoms with Gasteiger partial charge in [-0.2, -0.15) is 9.65 Å². The molecule has 0 radical (unpaired) electrons. The summed E-state index contributed by atoms with van der Waals surface area (Å²) in [4.78, 5) is 34.5. The van der Waals surface area contributed by atoms with Crippen LogP contribution in [0.3, 0.4) is 0 Å². The summed E-state index contributed by atoms with van der Waals surface area (Å²) in [6, 6.07) is 2.41. The van der Waals surface area contributed by atoms with E-state index in [4.69, 9.17) is 11.6 Å². The first kappa shape index (κ1) is 32.6. The van der Waals surface area contributed by atoms with Gasteiger partial charge in [0.25, 0.3) is 5.56 Å². The highest BCUT2D eigenvalue weighted by atomic mass is 35.5. The van der Waals surface area contributed by atoms with E-state index in [-0.39, 0.29) is 59.8 Å². The first-order valence-electron chi connectivity index (χ1n) is 14.3. The summed E-state index contributed by atoms with van der Waals surface area (Å²) in [5.74, 6) is -10.4. The lowest BCUT2D eigenvalue weighted by molar-refractivity contribution is -0.128. The number of fused-ring (bicyclic) bond motifs is 1. The molecule has 0 saturated carbocycles. The van der Waals surface area contributed by atoms with Crippen LogP contribution in [0.5, 0.6) is 5.75 Å². The normalized spacial score (nSPS) is 18.3. The van der Waals surface area contributed by atoms with Gasteiger partial charge in [0.1, 0.15) is 17.3 Å². The third-order valence-corrected chi connectivity index (χ3v) is 8.57. The van der Waals surface area contributed by atoms with Crippen LogP contribution in [0, 0.1) is 40.5 Å². The summed E-state index contributed by atoms with van der Waals surface area (Å²) in [5, 5.41) is 23.7. The Morgan fingerprint density at radius 1 is 1.22 bits per heavy atom. The number of benzene rings is 1. The number of hydrogen-bond donors (Lipinski definition) is 2. The van der Waals surface area contributed by atoms with E-state index in [9.17, 15) is 33.1 Å². The van der Waals surface area contributed by atoms with E-state index in [0.717, 1.165) is 0 Å². The fourth-order valence-electron chi connectivity index (χ4n) is 6.05. The van der Waals surface area contributed by atoms with E-state index in [2.05, 4.69) is 16.9 Å². The molecule has 1 amide bonds. The van der Waals surface area contributed by atoms with Gasteiger partial charge in [-0.1, -0.05) is 32.0 Å². The summed E-state index contributed by atoms with van der Waals surface area (Å²) >= 11 is 6.56. The van der Waals surface area contributed by atoms with Crippen LogP contribution in [-0.2, 0) is 4.79 Å². The minimum absolute atomic E-state index is 0.105. The molecule has 2 atom stereocenters. The summed E-state index contributed by atoms with van der Waals surface area (Å²) in [7, 11) is 0. The molecule has 1 saturated heterocycles. The van der Waals surface area contributed by atoms with Crippen molar-refractivity contribution < 1.29 is 27.5 Å². The highest BCUT2D eigenvalue weighted by Gasteiger charge is 2.35. The number of carbonyl (C=O) groups excluding carboxylic acids is 1. The number of amides is 1. The number of anilines is 1. The fraction of sp³-hybridized carbons (Fsp3) is 0.312. The molecule has 2 N–H and O–H groups in total. The van der Waals surface area contributed by atoms with Crippen LogP contribution in [0.1, 0.15) is 33.3 Å². The molecular formula is C32H29ClF4N6O3. The van der Waals surface area contributed by atoms with Gasteiger partial charge in [0.15, 0.2) is 17.4 Å². The first-order chi connectivity index (χ1) is 21.7. The zero-order valence-electron chi connectivity index (χ0n) is 25.3. The lowest BCUT2D eigenvalue weighted by Crippen LogP contribution is -2.54. The van der Waals surface area contributed by atoms with Crippen LogP contribution in [0.2, 0.25) is 5.02 Å². The molecule has 1 aromatic carbocycles. The molecule has 1 unspecified atom stereocenters. The number of pyridine rings is 2. The average Bonchev–Trinajstić information content (AvgIpc) is 3.02. The van der Waals surface area contributed by atoms with Crippen LogP contribution in [-0.4, -0.2) is 57.2 Å². The minimum atomic E-state index is -2.22. The van der Waals surface area contributed by atoms with Gasteiger partial charge in [0.2, 0.25) is 17.5 Å². The SMILES string of the molecule is C=CC(=O)N1CCN(c2c(C#N)c(=O)n(C3=C(C)C=CNC3C(C)C)c3nc(-c4c(O)c(F)c(F)c(F)c4F)c(Cl)cc23)C[C@H]1C. The zero-order valence-corrected chi connectivity index (χ0v) is 26.0. The lowest BCUT2D eigenvalue weighted by Gasteiger charge is -2.41. The molecule has 5 rings (SSSR count). The minimum Gasteiger partial charge on any atom is -0.504 e. The Kier molecular flexibility index (Phi) is 8.61. The van der Waals surface area contributed by atoms with E-state index in [1.165, 1.54) is 16.7 Å². The number of nitriles is 1. The largest absolute Gasteiger partial charge is 0.504 e. The smallest absolute Gasteiger partial charge is 0.276 e.